The van der Waals surface area contributed by atoms with Crippen molar-refractivity contribution in [1.82, 2.24) is 0 Å². The summed E-state index contributed by atoms with van der Waals surface area (Å²) in [7, 11) is 0. The average Bonchev–Trinajstić information content (AvgIpc) is 2.73. The highest BCUT2D eigenvalue weighted by molar-refractivity contribution is 6.32. The normalized spacial score (nSPS) is 23.4. The van der Waals surface area contributed by atoms with Crippen LogP contribution in [0.15, 0.2) is 18.2 Å². The molecule has 1 aromatic carbocycles. The predicted molar refractivity (Wildman–Crippen MR) is 65.2 cm³/mol. The van der Waals surface area contributed by atoms with Crippen LogP contribution in [0.5, 0.6) is 5.75 Å². The van der Waals surface area contributed by atoms with Crippen LogP contribution in [0.2, 0.25) is 5.02 Å². The summed E-state index contributed by atoms with van der Waals surface area (Å²) in [4.78, 5) is 0. The van der Waals surface area contributed by atoms with E-state index in [1.54, 1.807) is 18.2 Å². The lowest BCUT2D eigenvalue weighted by atomic mass is 10.2. The number of halogens is 1. The minimum Gasteiger partial charge on any atom is -0.489 e. The lowest BCUT2D eigenvalue weighted by molar-refractivity contribution is 0.0265. The van der Waals surface area contributed by atoms with E-state index in [1.165, 1.54) is 0 Å². The van der Waals surface area contributed by atoms with Gasteiger partial charge in [-0.25, -0.2) is 0 Å². The zero-order chi connectivity index (χ0) is 12.3. The summed E-state index contributed by atoms with van der Waals surface area (Å²) >= 11 is 6.01. The van der Waals surface area contributed by atoms with Gasteiger partial charge in [0.1, 0.15) is 12.4 Å². The average molecular weight is 252 g/mol. The van der Waals surface area contributed by atoms with Gasteiger partial charge in [0.15, 0.2) is 0 Å². The fourth-order valence-corrected chi connectivity index (χ4v) is 2.11. The summed E-state index contributed by atoms with van der Waals surface area (Å²) in [5.74, 6) is 0.605. The summed E-state index contributed by atoms with van der Waals surface area (Å²) in [6.07, 6.45) is 2.57. The molecule has 0 saturated carbocycles. The van der Waals surface area contributed by atoms with Crippen LogP contribution in [-0.4, -0.2) is 18.8 Å². The second-order valence-electron chi connectivity index (χ2n) is 4.21. The van der Waals surface area contributed by atoms with E-state index < -0.39 is 0 Å². The molecule has 0 bridgehead atoms. The molecule has 1 heterocycles. The molecule has 90 valence electrons. The molecular weight excluding hydrogens is 238 g/mol. The molecule has 2 rings (SSSR count). The van der Waals surface area contributed by atoms with E-state index >= 15 is 0 Å². The molecule has 4 heteroatoms. The van der Waals surface area contributed by atoms with Gasteiger partial charge in [0.25, 0.3) is 0 Å². The van der Waals surface area contributed by atoms with Crippen LogP contribution < -0.4 is 4.74 Å². The van der Waals surface area contributed by atoms with Gasteiger partial charge in [-0.3, -0.25) is 0 Å². The molecule has 0 spiro atoms. The highest BCUT2D eigenvalue weighted by atomic mass is 35.5. The number of hydrogen-bond donors (Lipinski definition) is 0. The van der Waals surface area contributed by atoms with Crippen LogP contribution in [0, 0.1) is 11.3 Å². The van der Waals surface area contributed by atoms with Crippen LogP contribution in [0.25, 0.3) is 0 Å². The maximum Gasteiger partial charge on any atom is 0.138 e. The van der Waals surface area contributed by atoms with Gasteiger partial charge in [0.05, 0.1) is 28.9 Å². The standard InChI is InChI=1S/C13H14ClNO2/c1-9-2-4-11(17-9)8-16-13-5-3-10(7-15)6-12(13)14/h3,5-6,9,11H,2,4,8H2,1H3. The molecule has 2 unspecified atom stereocenters. The second kappa shape index (κ2) is 5.39. The van der Waals surface area contributed by atoms with Gasteiger partial charge in [0, 0.05) is 0 Å². The Morgan fingerprint density at radius 2 is 2.35 bits per heavy atom. The van der Waals surface area contributed by atoms with Gasteiger partial charge in [-0.2, -0.15) is 5.26 Å². The first-order chi connectivity index (χ1) is 8.19. The predicted octanol–water partition coefficient (Wildman–Crippen LogP) is 3.16. The summed E-state index contributed by atoms with van der Waals surface area (Å²) in [6, 6.07) is 7.05. The van der Waals surface area contributed by atoms with E-state index in [0.29, 0.717) is 29.0 Å². The summed E-state index contributed by atoms with van der Waals surface area (Å²) < 4.78 is 11.2. The number of nitriles is 1. The summed E-state index contributed by atoms with van der Waals surface area (Å²) in [6.45, 7) is 2.57. The van der Waals surface area contributed by atoms with Gasteiger partial charge in [-0.05, 0) is 38.0 Å². The molecule has 0 aromatic heterocycles. The Morgan fingerprint density at radius 3 is 2.94 bits per heavy atom. The first-order valence-electron chi connectivity index (χ1n) is 5.67. The number of nitrogens with zero attached hydrogens (tertiary/aromatic N) is 1. The first-order valence-corrected chi connectivity index (χ1v) is 6.04. The molecule has 1 aromatic rings. The van der Waals surface area contributed by atoms with E-state index in [9.17, 15) is 0 Å². The Balaban J connectivity index is 1.93. The molecule has 0 amide bonds. The van der Waals surface area contributed by atoms with Crippen LogP contribution in [0.1, 0.15) is 25.3 Å². The SMILES string of the molecule is CC1CCC(COc2ccc(C#N)cc2Cl)O1. The van der Waals surface area contributed by atoms with Crippen molar-refractivity contribution < 1.29 is 9.47 Å². The Kier molecular flexibility index (Phi) is 3.88. The fraction of sp³-hybridized carbons (Fsp3) is 0.462. The van der Waals surface area contributed by atoms with Gasteiger partial charge >= 0.3 is 0 Å². The van der Waals surface area contributed by atoms with Crippen molar-refractivity contribution in [2.75, 3.05) is 6.61 Å². The van der Waals surface area contributed by atoms with E-state index in [4.69, 9.17) is 26.3 Å². The van der Waals surface area contributed by atoms with E-state index in [0.717, 1.165) is 12.8 Å². The maximum atomic E-state index is 8.72. The van der Waals surface area contributed by atoms with Crippen LogP contribution in [0.4, 0.5) is 0 Å². The molecule has 1 fully saturated rings. The van der Waals surface area contributed by atoms with Gasteiger partial charge in [0.2, 0.25) is 0 Å². The minimum absolute atomic E-state index is 0.150. The molecule has 3 nitrogen and oxygen atoms in total. The lowest BCUT2D eigenvalue weighted by Gasteiger charge is -2.13. The van der Waals surface area contributed by atoms with Crippen molar-refractivity contribution in [3.05, 3.63) is 28.8 Å². The van der Waals surface area contributed by atoms with Crippen LogP contribution in [-0.2, 0) is 4.74 Å². The minimum atomic E-state index is 0.150. The van der Waals surface area contributed by atoms with Crippen LogP contribution in [0.3, 0.4) is 0 Å². The molecule has 1 saturated heterocycles. The third kappa shape index (κ3) is 3.12. The third-order valence-corrected chi connectivity index (χ3v) is 3.10. The van der Waals surface area contributed by atoms with Crippen molar-refractivity contribution in [3.8, 4) is 11.8 Å². The smallest absolute Gasteiger partial charge is 0.138 e. The Labute approximate surface area is 106 Å². The zero-order valence-electron chi connectivity index (χ0n) is 9.65. The third-order valence-electron chi connectivity index (χ3n) is 2.81. The Morgan fingerprint density at radius 1 is 1.53 bits per heavy atom. The monoisotopic (exact) mass is 251 g/mol. The molecule has 0 N–H and O–H groups in total. The number of benzene rings is 1. The van der Waals surface area contributed by atoms with E-state index in [2.05, 4.69) is 6.92 Å². The number of hydrogen-bond acceptors (Lipinski definition) is 3. The maximum absolute atomic E-state index is 8.72. The van der Waals surface area contributed by atoms with Crippen molar-refractivity contribution in [3.63, 3.8) is 0 Å². The van der Waals surface area contributed by atoms with Crippen molar-refractivity contribution in [1.29, 1.82) is 5.26 Å². The van der Waals surface area contributed by atoms with Gasteiger partial charge in [-0.15, -0.1) is 0 Å². The Bertz CT molecular complexity index is 442. The second-order valence-corrected chi connectivity index (χ2v) is 4.62. The number of rotatable bonds is 3. The molecular formula is C13H14ClNO2. The van der Waals surface area contributed by atoms with Gasteiger partial charge < -0.3 is 9.47 Å². The summed E-state index contributed by atoms with van der Waals surface area (Å²) in [5, 5.41) is 9.18. The lowest BCUT2D eigenvalue weighted by Crippen LogP contribution is -2.17. The molecule has 0 radical (unpaired) electrons. The van der Waals surface area contributed by atoms with Crippen molar-refractivity contribution in [2.24, 2.45) is 0 Å². The largest absolute Gasteiger partial charge is 0.489 e. The highest BCUT2D eigenvalue weighted by Crippen LogP contribution is 2.27. The molecule has 2 atom stereocenters. The quantitative estimate of drug-likeness (QED) is 0.829. The molecule has 1 aliphatic rings. The van der Waals surface area contributed by atoms with Gasteiger partial charge in [-0.1, -0.05) is 11.6 Å². The number of ether oxygens (including phenoxy) is 2. The van der Waals surface area contributed by atoms with Crippen molar-refractivity contribution >= 4 is 11.6 Å². The fourth-order valence-electron chi connectivity index (χ4n) is 1.88. The van der Waals surface area contributed by atoms with Crippen LogP contribution >= 0.6 is 11.6 Å². The molecule has 0 aliphatic carbocycles. The molecule has 17 heavy (non-hydrogen) atoms. The topological polar surface area (TPSA) is 42.2 Å². The summed E-state index contributed by atoms with van der Waals surface area (Å²) in [5.41, 5.74) is 0.535. The Hall–Kier alpha value is -1.24. The molecule has 1 aliphatic heterocycles. The van der Waals surface area contributed by atoms with E-state index in [-0.39, 0.29) is 6.10 Å². The zero-order valence-corrected chi connectivity index (χ0v) is 10.4. The highest BCUT2D eigenvalue weighted by Gasteiger charge is 2.22. The van der Waals surface area contributed by atoms with E-state index in [1.807, 2.05) is 6.07 Å². The van der Waals surface area contributed by atoms with Crippen molar-refractivity contribution in [2.45, 2.75) is 32.0 Å². The first kappa shape index (κ1) is 12.2.